The fourth-order valence-electron chi connectivity index (χ4n) is 1.26. The highest BCUT2D eigenvalue weighted by atomic mass is 16.3. The molecule has 0 fully saturated rings. The van der Waals surface area contributed by atoms with E-state index >= 15 is 0 Å². The van der Waals surface area contributed by atoms with Crippen molar-refractivity contribution in [2.24, 2.45) is 0 Å². The molecule has 74 valence electrons. The zero-order valence-electron chi connectivity index (χ0n) is 7.90. The van der Waals surface area contributed by atoms with E-state index in [0.717, 1.165) is 12.8 Å². The van der Waals surface area contributed by atoms with Gasteiger partial charge in [-0.25, -0.2) is 0 Å². The van der Waals surface area contributed by atoms with E-state index in [1.165, 1.54) is 0 Å². The maximum atomic E-state index is 9.30. The average Bonchev–Trinajstić information content (AvgIpc) is 1.84. The maximum absolute atomic E-state index is 9.30. The first-order valence-electron chi connectivity index (χ1n) is 4.60. The van der Waals surface area contributed by atoms with Gasteiger partial charge in [0.25, 0.3) is 0 Å². The van der Waals surface area contributed by atoms with E-state index in [4.69, 9.17) is 5.11 Å². The van der Waals surface area contributed by atoms with Crippen LogP contribution in [0.4, 0.5) is 0 Å². The summed E-state index contributed by atoms with van der Waals surface area (Å²) in [5, 5.41) is 27.5. The standard InChI is InChI=1S/C9H20O3/c1-3-4-8(11)6-9(12)5-7(2)10/h7-12H,3-6H2,1-2H3. The Balaban J connectivity index is 3.46. The predicted molar refractivity (Wildman–Crippen MR) is 47.8 cm³/mol. The predicted octanol–water partition coefficient (Wildman–Crippen LogP) is 0.669. The van der Waals surface area contributed by atoms with E-state index in [-0.39, 0.29) is 0 Å². The molecule has 0 heterocycles. The first-order valence-corrected chi connectivity index (χ1v) is 4.60. The molecule has 3 N–H and O–H groups in total. The lowest BCUT2D eigenvalue weighted by Gasteiger charge is -2.15. The molecular formula is C9H20O3. The van der Waals surface area contributed by atoms with Crippen molar-refractivity contribution >= 4 is 0 Å². The van der Waals surface area contributed by atoms with Crippen molar-refractivity contribution in [2.45, 2.75) is 57.8 Å². The second kappa shape index (κ2) is 6.40. The molecule has 0 aromatic carbocycles. The van der Waals surface area contributed by atoms with Gasteiger partial charge < -0.3 is 15.3 Å². The van der Waals surface area contributed by atoms with Crippen molar-refractivity contribution in [3.63, 3.8) is 0 Å². The van der Waals surface area contributed by atoms with Gasteiger partial charge in [-0.05, 0) is 26.2 Å². The Labute approximate surface area is 74.0 Å². The highest BCUT2D eigenvalue weighted by molar-refractivity contribution is 4.65. The fraction of sp³-hybridized carbons (Fsp3) is 1.00. The Hall–Kier alpha value is -0.120. The van der Waals surface area contributed by atoms with Crippen molar-refractivity contribution in [2.75, 3.05) is 0 Å². The molecule has 0 aliphatic carbocycles. The molecular weight excluding hydrogens is 156 g/mol. The number of aliphatic hydroxyl groups excluding tert-OH is 3. The lowest BCUT2D eigenvalue weighted by Crippen LogP contribution is -2.21. The van der Waals surface area contributed by atoms with Crippen LogP contribution >= 0.6 is 0 Å². The largest absolute Gasteiger partial charge is 0.393 e. The molecule has 0 radical (unpaired) electrons. The van der Waals surface area contributed by atoms with Gasteiger partial charge in [0.05, 0.1) is 18.3 Å². The van der Waals surface area contributed by atoms with Crippen LogP contribution in [0.2, 0.25) is 0 Å². The molecule has 3 heteroatoms. The summed E-state index contributed by atoms with van der Waals surface area (Å²) in [5.74, 6) is 0. The van der Waals surface area contributed by atoms with Gasteiger partial charge in [-0.15, -0.1) is 0 Å². The molecule has 0 aliphatic rings. The lowest BCUT2D eigenvalue weighted by molar-refractivity contribution is 0.0421. The molecule has 0 aromatic heterocycles. The van der Waals surface area contributed by atoms with Gasteiger partial charge in [0.15, 0.2) is 0 Å². The van der Waals surface area contributed by atoms with Crippen molar-refractivity contribution in [3.8, 4) is 0 Å². The van der Waals surface area contributed by atoms with Gasteiger partial charge in [-0.3, -0.25) is 0 Å². The molecule has 3 nitrogen and oxygen atoms in total. The van der Waals surface area contributed by atoms with E-state index in [9.17, 15) is 10.2 Å². The van der Waals surface area contributed by atoms with Gasteiger partial charge in [0, 0.05) is 0 Å². The van der Waals surface area contributed by atoms with Gasteiger partial charge in [-0.2, -0.15) is 0 Å². The van der Waals surface area contributed by atoms with Crippen LogP contribution in [-0.2, 0) is 0 Å². The van der Waals surface area contributed by atoms with E-state index in [1.54, 1.807) is 6.92 Å². The number of hydrogen-bond acceptors (Lipinski definition) is 3. The first kappa shape index (κ1) is 11.9. The third-order valence-electron chi connectivity index (χ3n) is 1.78. The van der Waals surface area contributed by atoms with Crippen LogP contribution < -0.4 is 0 Å². The van der Waals surface area contributed by atoms with Crippen molar-refractivity contribution < 1.29 is 15.3 Å². The second-order valence-corrected chi connectivity index (χ2v) is 3.42. The SMILES string of the molecule is CCCC(O)CC(O)CC(C)O. The van der Waals surface area contributed by atoms with E-state index in [2.05, 4.69) is 0 Å². The Kier molecular flexibility index (Phi) is 6.34. The maximum Gasteiger partial charge on any atom is 0.0589 e. The van der Waals surface area contributed by atoms with Crippen LogP contribution in [0.15, 0.2) is 0 Å². The Bertz CT molecular complexity index is 104. The van der Waals surface area contributed by atoms with Crippen LogP contribution in [0.3, 0.4) is 0 Å². The highest BCUT2D eigenvalue weighted by Crippen LogP contribution is 2.09. The third kappa shape index (κ3) is 6.58. The van der Waals surface area contributed by atoms with Crippen LogP contribution in [-0.4, -0.2) is 33.6 Å². The minimum atomic E-state index is -0.577. The average molecular weight is 176 g/mol. The van der Waals surface area contributed by atoms with Crippen LogP contribution in [0.25, 0.3) is 0 Å². The van der Waals surface area contributed by atoms with E-state index < -0.39 is 18.3 Å². The zero-order valence-corrected chi connectivity index (χ0v) is 7.90. The Morgan fingerprint density at radius 3 is 2.00 bits per heavy atom. The Morgan fingerprint density at radius 1 is 1.00 bits per heavy atom. The summed E-state index contributed by atoms with van der Waals surface area (Å²) in [6.45, 7) is 3.62. The van der Waals surface area contributed by atoms with Gasteiger partial charge in [-0.1, -0.05) is 13.3 Å². The Morgan fingerprint density at radius 2 is 1.58 bits per heavy atom. The molecule has 12 heavy (non-hydrogen) atoms. The van der Waals surface area contributed by atoms with Crippen molar-refractivity contribution in [1.82, 2.24) is 0 Å². The summed E-state index contributed by atoms with van der Waals surface area (Å²) in [7, 11) is 0. The zero-order chi connectivity index (χ0) is 9.56. The molecule has 0 spiro atoms. The molecule has 0 aliphatic heterocycles. The van der Waals surface area contributed by atoms with Crippen LogP contribution in [0.5, 0.6) is 0 Å². The first-order chi connectivity index (χ1) is 5.56. The molecule has 0 saturated carbocycles. The molecule has 3 atom stereocenters. The molecule has 0 amide bonds. The molecule has 0 aromatic rings. The van der Waals surface area contributed by atoms with Crippen molar-refractivity contribution in [3.05, 3.63) is 0 Å². The van der Waals surface area contributed by atoms with E-state index in [1.807, 2.05) is 6.92 Å². The normalized spacial score (nSPS) is 18.8. The summed E-state index contributed by atoms with van der Waals surface area (Å²) >= 11 is 0. The summed E-state index contributed by atoms with van der Waals surface area (Å²) < 4.78 is 0. The monoisotopic (exact) mass is 176 g/mol. The number of hydrogen-bond donors (Lipinski definition) is 3. The quantitative estimate of drug-likeness (QED) is 0.557. The fourth-order valence-corrected chi connectivity index (χ4v) is 1.26. The topological polar surface area (TPSA) is 60.7 Å². The summed E-state index contributed by atoms with van der Waals surface area (Å²) in [6, 6.07) is 0. The van der Waals surface area contributed by atoms with Gasteiger partial charge >= 0.3 is 0 Å². The second-order valence-electron chi connectivity index (χ2n) is 3.42. The minimum Gasteiger partial charge on any atom is -0.393 e. The lowest BCUT2D eigenvalue weighted by atomic mass is 10.0. The highest BCUT2D eigenvalue weighted by Gasteiger charge is 2.12. The van der Waals surface area contributed by atoms with E-state index in [0.29, 0.717) is 12.8 Å². The van der Waals surface area contributed by atoms with Gasteiger partial charge in [0.2, 0.25) is 0 Å². The number of rotatable bonds is 6. The molecule has 0 rings (SSSR count). The summed E-state index contributed by atoms with van der Waals surface area (Å²) in [5.41, 5.74) is 0. The molecule has 0 saturated heterocycles. The number of aliphatic hydroxyl groups is 3. The smallest absolute Gasteiger partial charge is 0.0589 e. The summed E-state index contributed by atoms with van der Waals surface area (Å²) in [6.07, 6.45) is 0.864. The van der Waals surface area contributed by atoms with Crippen LogP contribution in [0.1, 0.15) is 39.5 Å². The summed E-state index contributed by atoms with van der Waals surface area (Å²) in [4.78, 5) is 0. The third-order valence-corrected chi connectivity index (χ3v) is 1.78. The van der Waals surface area contributed by atoms with Gasteiger partial charge in [0.1, 0.15) is 0 Å². The molecule has 3 unspecified atom stereocenters. The van der Waals surface area contributed by atoms with Crippen molar-refractivity contribution in [1.29, 1.82) is 0 Å². The van der Waals surface area contributed by atoms with Crippen LogP contribution in [0, 0.1) is 0 Å². The minimum absolute atomic E-state index is 0.348. The molecule has 0 bridgehead atoms.